The molecule has 20 heavy (non-hydrogen) atoms. The van der Waals surface area contributed by atoms with Crippen molar-refractivity contribution >= 4 is 21.4 Å². The van der Waals surface area contributed by atoms with Crippen molar-refractivity contribution in [3.8, 4) is 0 Å². The highest BCUT2D eigenvalue weighted by Crippen LogP contribution is 2.28. The van der Waals surface area contributed by atoms with Crippen LogP contribution < -0.4 is 10.0 Å². The van der Waals surface area contributed by atoms with E-state index < -0.39 is 15.8 Å². The first kappa shape index (κ1) is 14.3. The number of benzene rings is 2. The van der Waals surface area contributed by atoms with E-state index in [0.717, 1.165) is 15.9 Å². The number of rotatable bonds is 3. The molecule has 106 valence electrons. The Morgan fingerprint density at radius 3 is 2.40 bits per heavy atom. The van der Waals surface area contributed by atoms with Crippen LogP contribution in [-0.2, 0) is 10.0 Å². The van der Waals surface area contributed by atoms with Gasteiger partial charge < -0.3 is 5.73 Å². The van der Waals surface area contributed by atoms with Crippen molar-refractivity contribution < 1.29 is 12.8 Å². The lowest BCUT2D eigenvalue weighted by Crippen LogP contribution is -2.28. The smallest absolute Gasteiger partial charge is 0.266 e. The summed E-state index contributed by atoms with van der Waals surface area (Å²) in [7, 11) is -2.48. The number of hydrogen-bond acceptors (Lipinski definition) is 3. The lowest BCUT2D eigenvalue weighted by Gasteiger charge is -2.22. The highest BCUT2D eigenvalue weighted by Gasteiger charge is 2.25. The molecule has 2 aromatic rings. The molecular formula is C14H15FN2O2S. The summed E-state index contributed by atoms with van der Waals surface area (Å²) in [6.07, 6.45) is 0. The molecule has 0 bridgehead atoms. The molecule has 2 rings (SSSR count). The molecule has 0 fully saturated rings. The third kappa shape index (κ3) is 2.34. The van der Waals surface area contributed by atoms with Crippen LogP contribution in [0.3, 0.4) is 0 Å². The molecule has 4 nitrogen and oxygen atoms in total. The summed E-state index contributed by atoms with van der Waals surface area (Å²) in [4.78, 5) is -0.233. The van der Waals surface area contributed by atoms with Crippen LogP contribution in [0.15, 0.2) is 47.4 Å². The molecule has 2 aromatic carbocycles. The van der Waals surface area contributed by atoms with E-state index in [1.807, 2.05) is 6.07 Å². The molecule has 0 saturated carbocycles. The van der Waals surface area contributed by atoms with Crippen molar-refractivity contribution in [3.63, 3.8) is 0 Å². The van der Waals surface area contributed by atoms with E-state index in [2.05, 4.69) is 0 Å². The quantitative estimate of drug-likeness (QED) is 0.885. The summed E-state index contributed by atoms with van der Waals surface area (Å²) in [5.74, 6) is -0.746. The van der Waals surface area contributed by atoms with Gasteiger partial charge in [0, 0.05) is 7.05 Å². The first-order chi connectivity index (χ1) is 9.35. The van der Waals surface area contributed by atoms with Crippen LogP contribution >= 0.6 is 0 Å². The maximum Gasteiger partial charge on any atom is 0.266 e. The van der Waals surface area contributed by atoms with Gasteiger partial charge in [-0.15, -0.1) is 0 Å². The average Bonchev–Trinajstić information content (AvgIpc) is 2.41. The zero-order valence-electron chi connectivity index (χ0n) is 11.2. The molecule has 0 aliphatic rings. The molecule has 0 atom stereocenters. The normalized spacial score (nSPS) is 11.3. The molecule has 0 amide bonds. The topological polar surface area (TPSA) is 63.4 Å². The fraction of sp³-hybridized carbons (Fsp3) is 0.143. The SMILES string of the molecule is Cc1ccccc1N(C)S(=O)(=O)c1cccc(F)c1N. The Hall–Kier alpha value is -2.08. The second-order valence-electron chi connectivity index (χ2n) is 4.41. The van der Waals surface area contributed by atoms with Gasteiger partial charge in [-0.25, -0.2) is 12.8 Å². The molecule has 0 aliphatic carbocycles. The van der Waals surface area contributed by atoms with Crippen LogP contribution in [0.4, 0.5) is 15.8 Å². The highest BCUT2D eigenvalue weighted by molar-refractivity contribution is 7.93. The second-order valence-corrected chi connectivity index (χ2v) is 6.35. The molecule has 0 aliphatic heterocycles. The monoisotopic (exact) mass is 294 g/mol. The standard InChI is InChI=1S/C14H15FN2O2S/c1-10-6-3-4-8-12(10)17(2)20(18,19)13-9-5-7-11(15)14(13)16/h3-9H,16H2,1-2H3. The fourth-order valence-electron chi connectivity index (χ4n) is 1.94. The summed E-state index contributed by atoms with van der Waals surface area (Å²) >= 11 is 0. The van der Waals surface area contributed by atoms with Crippen molar-refractivity contribution in [2.75, 3.05) is 17.1 Å². The van der Waals surface area contributed by atoms with Crippen molar-refractivity contribution in [1.29, 1.82) is 0 Å². The molecule has 0 spiro atoms. The number of nitrogens with two attached hydrogens (primary N) is 1. The minimum Gasteiger partial charge on any atom is -0.395 e. The Morgan fingerprint density at radius 2 is 1.75 bits per heavy atom. The van der Waals surface area contributed by atoms with Crippen LogP contribution in [0.2, 0.25) is 0 Å². The number of para-hydroxylation sites is 2. The zero-order chi connectivity index (χ0) is 14.9. The second kappa shape index (κ2) is 5.13. The van der Waals surface area contributed by atoms with Crippen molar-refractivity contribution in [2.24, 2.45) is 0 Å². The first-order valence-electron chi connectivity index (χ1n) is 5.94. The van der Waals surface area contributed by atoms with Crippen molar-refractivity contribution in [2.45, 2.75) is 11.8 Å². The van der Waals surface area contributed by atoms with E-state index in [4.69, 9.17) is 5.73 Å². The number of hydrogen-bond donors (Lipinski definition) is 1. The molecule has 0 radical (unpaired) electrons. The van der Waals surface area contributed by atoms with Gasteiger partial charge in [-0.1, -0.05) is 24.3 Å². The van der Waals surface area contributed by atoms with Crippen molar-refractivity contribution in [1.82, 2.24) is 0 Å². The minimum absolute atomic E-state index is 0.233. The van der Waals surface area contributed by atoms with E-state index in [9.17, 15) is 12.8 Å². The Bertz CT molecular complexity index is 745. The Balaban J connectivity index is 2.56. The van der Waals surface area contributed by atoms with Gasteiger partial charge in [-0.3, -0.25) is 4.31 Å². The molecule has 2 N–H and O–H groups in total. The number of halogens is 1. The number of sulfonamides is 1. The molecule has 0 saturated heterocycles. The van der Waals surface area contributed by atoms with Crippen LogP contribution in [-0.4, -0.2) is 15.5 Å². The summed E-state index contributed by atoms with van der Waals surface area (Å²) in [6, 6.07) is 10.8. The summed E-state index contributed by atoms with van der Waals surface area (Å²) in [6.45, 7) is 1.80. The molecular weight excluding hydrogens is 279 g/mol. The van der Waals surface area contributed by atoms with Gasteiger partial charge in [0.1, 0.15) is 10.7 Å². The predicted molar refractivity (Wildman–Crippen MR) is 77.6 cm³/mol. The van der Waals surface area contributed by atoms with Crippen LogP contribution in [0, 0.1) is 12.7 Å². The van der Waals surface area contributed by atoms with Gasteiger partial charge in [-0.05, 0) is 30.7 Å². The predicted octanol–water partition coefficient (Wildman–Crippen LogP) is 2.54. The Morgan fingerprint density at radius 1 is 1.10 bits per heavy atom. The number of nitrogens with zero attached hydrogens (tertiary/aromatic N) is 1. The number of nitrogen functional groups attached to an aromatic ring is 1. The van der Waals surface area contributed by atoms with Gasteiger partial charge in [0.05, 0.1) is 11.4 Å². The van der Waals surface area contributed by atoms with E-state index in [1.54, 1.807) is 25.1 Å². The van der Waals surface area contributed by atoms with E-state index >= 15 is 0 Å². The van der Waals surface area contributed by atoms with E-state index in [-0.39, 0.29) is 10.6 Å². The maximum absolute atomic E-state index is 13.4. The van der Waals surface area contributed by atoms with Gasteiger partial charge >= 0.3 is 0 Å². The van der Waals surface area contributed by atoms with Gasteiger partial charge in [0.15, 0.2) is 0 Å². The highest BCUT2D eigenvalue weighted by atomic mass is 32.2. The van der Waals surface area contributed by atoms with E-state index in [1.165, 1.54) is 19.2 Å². The molecule has 0 unspecified atom stereocenters. The largest absolute Gasteiger partial charge is 0.395 e. The van der Waals surface area contributed by atoms with E-state index in [0.29, 0.717) is 5.69 Å². The lowest BCUT2D eigenvalue weighted by molar-refractivity contribution is 0.591. The van der Waals surface area contributed by atoms with Gasteiger partial charge in [0.25, 0.3) is 10.0 Å². The summed E-state index contributed by atoms with van der Waals surface area (Å²) < 4.78 is 39.6. The summed E-state index contributed by atoms with van der Waals surface area (Å²) in [5, 5.41) is 0. The third-order valence-corrected chi connectivity index (χ3v) is 4.94. The third-order valence-electron chi connectivity index (χ3n) is 3.11. The summed E-state index contributed by atoms with van der Waals surface area (Å²) in [5.41, 5.74) is 6.50. The molecule has 0 heterocycles. The van der Waals surface area contributed by atoms with Crippen LogP contribution in [0.25, 0.3) is 0 Å². The average molecular weight is 294 g/mol. The van der Waals surface area contributed by atoms with Crippen LogP contribution in [0.5, 0.6) is 0 Å². The zero-order valence-corrected chi connectivity index (χ0v) is 12.0. The fourth-order valence-corrected chi connectivity index (χ4v) is 3.32. The number of aryl methyl sites for hydroxylation is 1. The Kier molecular flexibility index (Phi) is 3.67. The lowest BCUT2D eigenvalue weighted by atomic mass is 10.2. The Labute approximate surface area is 117 Å². The number of anilines is 2. The molecule has 6 heteroatoms. The van der Waals surface area contributed by atoms with Crippen molar-refractivity contribution in [3.05, 3.63) is 53.8 Å². The maximum atomic E-state index is 13.4. The van der Waals surface area contributed by atoms with Gasteiger partial charge in [-0.2, -0.15) is 0 Å². The first-order valence-corrected chi connectivity index (χ1v) is 7.38. The minimum atomic E-state index is -3.90. The molecule has 0 aromatic heterocycles. The van der Waals surface area contributed by atoms with Crippen LogP contribution in [0.1, 0.15) is 5.56 Å². The van der Waals surface area contributed by atoms with Gasteiger partial charge in [0.2, 0.25) is 0 Å².